The van der Waals surface area contributed by atoms with E-state index in [1.165, 1.54) is 16.7 Å². The van der Waals surface area contributed by atoms with E-state index in [1.807, 2.05) is 24.4 Å². The van der Waals surface area contributed by atoms with Crippen molar-refractivity contribution < 1.29 is 0 Å². The first kappa shape index (κ1) is 10.4. The van der Waals surface area contributed by atoms with E-state index in [9.17, 15) is 0 Å². The molecule has 2 aromatic carbocycles. The van der Waals surface area contributed by atoms with Crippen molar-refractivity contribution in [3.8, 4) is 11.1 Å². The number of aromatic amines is 1. The molecule has 3 aromatic rings. The van der Waals surface area contributed by atoms with Crippen molar-refractivity contribution in [1.82, 2.24) is 10.2 Å². The lowest BCUT2D eigenvalue weighted by molar-refractivity contribution is 1.12. The Morgan fingerprint density at radius 2 is 2.00 bits per heavy atom. The van der Waals surface area contributed by atoms with Crippen LogP contribution >= 0.6 is 11.6 Å². The number of halogens is 1. The molecule has 0 unspecified atom stereocenters. The Morgan fingerprint density at radius 1 is 1.12 bits per heavy atom. The lowest BCUT2D eigenvalue weighted by Gasteiger charge is -2.06. The van der Waals surface area contributed by atoms with Crippen LogP contribution in [0.5, 0.6) is 0 Å². The number of nitrogens with one attached hydrogen (secondary N) is 1. The minimum absolute atomic E-state index is 0.774. The number of rotatable bonds is 1. The van der Waals surface area contributed by atoms with E-state index in [1.54, 1.807) is 0 Å². The molecule has 1 aromatic heterocycles. The predicted octanol–water partition coefficient (Wildman–Crippen LogP) is 4.19. The van der Waals surface area contributed by atoms with Crippen LogP contribution in [0.3, 0.4) is 0 Å². The molecule has 0 saturated heterocycles. The summed E-state index contributed by atoms with van der Waals surface area (Å²) in [6.07, 6.45) is 1.84. The molecule has 0 fully saturated rings. The lowest BCUT2D eigenvalue weighted by Crippen LogP contribution is -1.83. The van der Waals surface area contributed by atoms with E-state index in [4.69, 9.17) is 11.6 Å². The van der Waals surface area contributed by atoms with E-state index in [2.05, 4.69) is 35.3 Å². The van der Waals surface area contributed by atoms with Gasteiger partial charge in [-0.3, -0.25) is 5.10 Å². The van der Waals surface area contributed by atoms with Crippen LogP contribution in [-0.4, -0.2) is 10.2 Å². The number of hydrogen-bond donors (Lipinski definition) is 1. The molecule has 3 rings (SSSR count). The monoisotopic (exact) mass is 242 g/mol. The molecule has 3 heteroatoms. The first-order chi connectivity index (χ1) is 8.24. The Labute approximate surface area is 104 Å². The third-order valence-electron chi connectivity index (χ3n) is 2.94. The number of aromatic nitrogens is 2. The second-order valence-corrected chi connectivity index (χ2v) is 4.57. The summed E-state index contributed by atoms with van der Waals surface area (Å²) in [5.74, 6) is 0. The standard InChI is InChI=1S/C14H11ClN2/c1-9-6-12(15)3-4-13(9)10-2-5-14-11(7-10)8-16-17-14/h2-8H,1H3,(H,16,17). The highest BCUT2D eigenvalue weighted by Crippen LogP contribution is 2.28. The quantitative estimate of drug-likeness (QED) is 0.681. The van der Waals surface area contributed by atoms with Crippen molar-refractivity contribution in [2.24, 2.45) is 0 Å². The summed E-state index contributed by atoms with van der Waals surface area (Å²) in [7, 11) is 0. The summed E-state index contributed by atoms with van der Waals surface area (Å²) in [5, 5.41) is 8.87. The number of nitrogens with zero attached hydrogens (tertiary/aromatic N) is 1. The SMILES string of the molecule is Cc1cc(Cl)ccc1-c1ccc2[nH]ncc2c1. The number of H-pyrrole nitrogens is 1. The van der Waals surface area contributed by atoms with Gasteiger partial charge in [0.2, 0.25) is 0 Å². The molecule has 0 aliphatic rings. The minimum Gasteiger partial charge on any atom is -0.278 e. The van der Waals surface area contributed by atoms with Gasteiger partial charge < -0.3 is 0 Å². The molecule has 2 nitrogen and oxygen atoms in total. The average molecular weight is 243 g/mol. The van der Waals surface area contributed by atoms with Gasteiger partial charge in [0.1, 0.15) is 0 Å². The van der Waals surface area contributed by atoms with Crippen molar-refractivity contribution in [3.63, 3.8) is 0 Å². The van der Waals surface area contributed by atoms with E-state index in [-0.39, 0.29) is 0 Å². The molecular weight excluding hydrogens is 232 g/mol. The number of benzene rings is 2. The van der Waals surface area contributed by atoms with Crippen LogP contribution in [0.25, 0.3) is 22.0 Å². The molecule has 0 bridgehead atoms. The van der Waals surface area contributed by atoms with Gasteiger partial charge in [0.15, 0.2) is 0 Å². The second-order valence-electron chi connectivity index (χ2n) is 4.13. The predicted molar refractivity (Wildman–Crippen MR) is 71.3 cm³/mol. The van der Waals surface area contributed by atoms with Gasteiger partial charge >= 0.3 is 0 Å². The van der Waals surface area contributed by atoms with Crippen LogP contribution in [0.4, 0.5) is 0 Å². The van der Waals surface area contributed by atoms with Crippen LogP contribution < -0.4 is 0 Å². The largest absolute Gasteiger partial charge is 0.278 e. The molecule has 0 aliphatic carbocycles. The van der Waals surface area contributed by atoms with E-state index < -0.39 is 0 Å². The summed E-state index contributed by atoms with van der Waals surface area (Å²) >= 11 is 5.97. The fraction of sp³-hybridized carbons (Fsp3) is 0.0714. The number of aryl methyl sites for hydroxylation is 1. The Bertz CT molecular complexity index is 686. The first-order valence-electron chi connectivity index (χ1n) is 5.44. The summed E-state index contributed by atoms with van der Waals surface area (Å²) in [5.41, 5.74) is 4.63. The summed E-state index contributed by atoms with van der Waals surface area (Å²) in [6, 6.07) is 12.2. The highest BCUT2D eigenvalue weighted by Gasteiger charge is 2.04. The topological polar surface area (TPSA) is 28.7 Å². The van der Waals surface area contributed by atoms with Crippen molar-refractivity contribution in [2.75, 3.05) is 0 Å². The van der Waals surface area contributed by atoms with E-state index in [0.717, 1.165) is 15.9 Å². The molecule has 0 saturated carbocycles. The van der Waals surface area contributed by atoms with Crippen molar-refractivity contribution >= 4 is 22.5 Å². The zero-order valence-corrected chi connectivity index (χ0v) is 10.1. The molecule has 0 radical (unpaired) electrons. The number of hydrogen-bond acceptors (Lipinski definition) is 1. The molecule has 1 N–H and O–H groups in total. The minimum atomic E-state index is 0.774. The fourth-order valence-corrected chi connectivity index (χ4v) is 2.29. The van der Waals surface area contributed by atoms with Crippen LogP contribution in [0.2, 0.25) is 5.02 Å². The van der Waals surface area contributed by atoms with Gasteiger partial charge in [0.05, 0.1) is 11.7 Å². The van der Waals surface area contributed by atoms with Gasteiger partial charge in [-0.1, -0.05) is 23.7 Å². The van der Waals surface area contributed by atoms with Crippen LogP contribution in [0.15, 0.2) is 42.6 Å². The van der Waals surface area contributed by atoms with Crippen molar-refractivity contribution in [1.29, 1.82) is 0 Å². The molecule has 17 heavy (non-hydrogen) atoms. The zero-order chi connectivity index (χ0) is 11.8. The zero-order valence-electron chi connectivity index (χ0n) is 9.37. The summed E-state index contributed by atoms with van der Waals surface area (Å²) in [4.78, 5) is 0. The molecule has 0 spiro atoms. The van der Waals surface area contributed by atoms with Gasteiger partial charge in [0, 0.05) is 10.4 Å². The summed E-state index contributed by atoms with van der Waals surface area (Å²) < 4.78 is 0. The molecule has 0 atom stereocenters. The van der Waals surface area contributed by atoms with Gasteiger partial charge in [-0.2, -0.15) is 5.10 Å². The fourth-order valence-electron chi connectivity index (χ4n) is 2.06. The summed E-state index contributed by atoms with van der Waals surface area (Å²) in [6.45, 7) is 2.07. The molecular formula is C14H11ClN2. The maximum Gasteiger partial charge on any atom is 0.0650 e. The van der Waals surface area contributed by atoms with Gasteiger partial charge in [-0.05, 0) is 47.9 Å². The third kappa shape index (κ3) is 1.81. The highest BCUT2D eigenvalue weighted by atomic mass is 35.5. The van der Waals surface area contributed by atoms with Crippen LogP contribution in [0, 0.1) is 6.92 Å². The lowest BCUT2D eigenvalue weighted by atomic mass is 10.00. The first-order valence-corrected chi connectivity index (χ1v) is 5.81. The van der Waals surface area contributed by atoms with Gasteiger partial charge in [-0.15, -0.1) is 0 Å². The smallest absolute Gasteiger partial charge is 0.0650 e. The van der Waals surface area contributed by atoms with Crippen LogP contribution in [0.1, 0.15) is 5.56 Å². The highest BCUT2D eigenvalue weighted by molar-refractivity contribution is 6.30. The van der Waals surface area contributed by atoms with Gasteiger partial charge in [-0.25, -0.2) is 0 Å². The maximum absolute atomic E-state index is 5.97. The maximum atomic E-state index is 5.97. The van der Waals surface area contributed by atoms with E-state index in [0.29, 0.717) is 0 Å². The third-order valence-corrected chi connectivity index (χ3v) is 3.17. The Balaban J connectivity index is 2.19. The Hall–Kier alpha value is -1.80. The molecule has 1 heterocycles. The van der Waals surface area contributed by atoms with E-state index >= 15 is 0 Å². The van der Waals surface area contributed by atoms with Crippen molar-refractivity contribution in [2.45, 2.75) is 6.92 Å². The van der Waals surface area contributed by atoms with Crippen molar-refractivity contribution in [3.05, 3.63) is 53.2 Å². The van der Waals surface area contributed by atoms with Crippen LogP contribution in [-0.2, 0) is 0 Å². The Morgan fingerprint density at radius 3 is 2.82 bits per heavy atom. The average Bonchev–Trinajstić information content (AvgIpc) is 2.75. The Kier molecular flexibility index (Phi) is 2.37. The molecule has 0 amide bonds. The van der Waals surface area contributed by atoms with Gasteiger partial charge in [0.25, 0.3) is 0 Å². The molecule has 84 valence electrons. The second kappa shape index (κ2) is 3.90. The molecule has 0 aliphatic heterocycles. The normalized spacial score (nSPS) is 10.9. The number of fused-ring (bicyclic) bond motifs is 1.